The molecule has 2 fully saturated rings. The minimum Gasteiger partial charge on any atom is -0.480 e. The number of carboxylic acid groups (broad SMARTS) is 1. The van der Waals surface area contributed by atoms with E-state index in [2.05, 4.69) is 194 Å². The summed E-state index contributed by atoms with van der Waals surface area (Å²) in [5.74, 6) is -13.5. The molecule has 23 N–H and O–H groups in total. The van der Waals surface area contributed by atoms with Gasteiger partial charge in [0.1, 0.15) is 85.0 Å². The van der Waals surface area contributed by atoms with Crippen LogP contribution in [0.3, 0.4) is 0 Å². The second-order valence-corrected chi connectivity index (χ2v) is 41.6. The number of aliphatic carboxylic acids is 1. The lowest BCUT2D eigenvalue weighted by Crippen LogP contribution is -2.70. The number of amides is 13. The van der Waals surface area contributed by atoms with Gasteiger partial charge in [0.25, 0.3) is 0 Å². The molecule has 13 amide bonds. The fraction of sp³-hybridized carbons (Fsp3) is 0.654. The number of phosphoric ester groups is 2. The van der Waals surface area contributed by atoms with Crippen molar-refractivity contribution < 1.29 is 144 Å². The van der Waals surface area contributed by atoms with Gasteiger partial charge < -0.3 is 130 Å². The minimum atomic E-state index is -6.01. The van der Waals surface area contributed by atoms with E-state index in [1.807, 2.05) is 6.92 Å². The van der Waals surface area contributed by atoms with Crippen molar-refractivity contribution in [3.05, 3.63) is 128 Å². The lowest BCUT2D eigenvalue weighted by atomic mass is 9.94. The summed E-state index contributed by atoms with van der Waals surface area (Å²) < 4.78 is 66.8. The summed E-state index contributed by atoms with van der Waals surface area (Å²) in [6, 6.07) is -11.8. The van der Waals surface area contributed by atoms with Crippen LogP contribution in [0, 0.1) is 0 Å². The average Bonchev–Trinajstić information content (AvgIpc) is 0.763. The van der Waals surface area contributed by atoms with Crippen LogP contribution in [0.5, 0.6) is 0 Å². The van der Waals surface area contributed by atoms with Gasteiger partial charge in [-0.15, -0.1) is 0 Å². The Labute approximate surface area is 883 Å². The smallest absolute Gasteiger partial charge is 0.480 e. The first-order chi connectivity index (χ1) is 70.6. The first-order valence-corrected chi connectivity index (χ1v) is 54.3. The fourth-order valence-corrected chi connectivity index (χ4v) is 17.4. The number of phosphoric acid groups is 2. The molecule has 0 saturated carbocycles. The van der Waals surface area contributed by atoms with E-state index < -0.39 is 255 Å². The third-order valence-electron chi connectivity index (χ3n) is 24.3. The predicted octanol–water partition coefficient (Wildman–Crippen LogP) is 7.34. The standard InChI is InChI=1S/C104H172N14O30P2/c1-64(2)31-21-32-65(3)33-22-34-66(4)35-23-36-67(5)37-24-38-68(6)39-25-40-69(7)41-26-42-70(8)43-27-44-71(9)45-28-46-72(10)47-29-48-73(11)49-30-50-74(12)54-56-142-149(138,139)148-150(140,141)147-104-92(116-80(18)122)96(95(84(63-120)145-104)146-103-91(115-79(17)121)94(130)93(129)83(62-119)144-103)143-78(16)99(133)112-76(14)98(132)117-82(52-53-85(106)123)101(135)118-81(100(134)113-75(13)97(131)114-77(15)102(136)137)51-19-20-55-107-87(125)58-109-89(127)60-111-90(128)61-110-88(126)59-108-86(124)57-105/h31,33,35,37,39,41,43,45,47,49,54,75-78,81-84,91-96,103-104,119-120,129-130H,19-30,32,34,36,38,40,42,44,46,48,50-53,55-63,105H2,1-18H3,(H2,106,123)(H,107,125)(H,108,124)(H,109,127)(H,110,126)(H,111,128)(H,112,133)(H,113,134)(H,114,131)(H,115,121)(H,116,122)(H,117,132)(H,118,135)(H,136,137)(H,138,139)(H,140,141). The zero-order valence-electron chi connectivity index (χ0n) is 90.7. The van der Waals surface area contributed by atoms with Gasteiger partial charge in [0, 0.05) is 26.8 Å². The summed E-state index contributed by atoms with van der Waals surface area (Å²) in [7, 11) is -11.6. The van der Waals surface area contributed by atoms with Crippen LogP contribution >= 0.6 is 15.6 Å². The molecule has 0 aromatic rings. The molecule has 848 valence electrons. The fourth-order valence-electron chi connectivity index (χ4n) is 15.3. The van der Waals surface area contributed by atoms with Crippen LogP contribution in [-0.2, 0) is 109 Å². The maximum Gasteiger partial charge on any atom is 0.483 e. The molecular formula is C104H172N14O30P2. The van der Waals surface area contributed by atoms with Crippen LogP contribution in [0.1, 0.15) is 285 Å². The number of carboxylic acids is 1. The number of allylic oxidation sites excluding steroid dienone is 21. The normalized spacial score (nSPS) is 20.8. The number of hydrogen-bond donors (Lipinski definition) is 21. The van der Waals surface area contributed by atoms with E-state index in [9.17, 15) is 112 Å². The average molecular weight is 2160 g/mol. The van der Waals surface area contributed by atoms with E-state index in [0.29, 0.717) is 18.4 Å². The first-order valence-electron chi connectivity index (χ1n) is 51.3. The van der Waals surface area contributed by atoms with E-state index in [4.69, 9.17) is 43.8 Å². The summed E-state index contributed by atoms with van der Waals surface area (Å²) >= 11 is 0. The van der Waals surface area contributed by atoms with Crippen molar-refractivity contribution in [2.45, 2.75) is 383 Å². The molecule has 2 saturated heterocycles. The number of hydrogen-bond acceptors (Lipinski definition) is 28. The van der Waals surface area contributed by atoms with E-state index in [0.717, 1.165) is 156 Å². The SMILES string of the molecule is CC(=O)NC1C(OC2C(CO)OC(OP(=O)(O)OP(=O)(O)OCC=C(C)CCC=C(C)CCC=C(C)CCC=C(C)CCC=C(C)CCC=C(C)CCC=C(C)CCC=C(C)CCC=C(C)CCC=C(C)CCC=C(C)C)C(NC(C)=O)C2OC(C)C(=O)NC(C)C(=O)NC(CCC(N)=O)C(=O)NC(CCCCNC(=O)CNC(=O)CNC(=O)CNC(=O)CNC(=O)CN)C(=O)NC(C)C(=O)NC(C)C(=O)O)OC(CO)C(O)C1O. The minimum absolute atomic E-state index is 0.000770. The molecule has 0 bridgehead atoms. The monoisotopic (exact) mass is 2160 g/mol. The highest BCUT2D eigenvalue weighted by Gasteiger charge is 2.56. The quantitative estimate of drug-likeness (QED) is 0.0161. The van der Waals surface area contributed by atoms with Crippen molar-refractivity contribution in [1.29, 1.82) is 0 Å². The third kappa shape index (κ3) is 60.2. The molecule has 2 rings (SSSR count). The van der Waals surface area contributed by atoms with Crippen molar-refractivity contribution in [2.24, 2.45) is 11.5 Å². The number of aliphatic hydroxyl groups excluding tert-OH is 4. The molecule has 44 nitrogen and oxygen atoms in total. The van der Waals surface area contributed by atoms with Gasteiger partial charge in [-0.2, -0.15) is 4.31 Å². The Morgan fingerprint density at radius 3 is 1.12 bits per heavy atom. The van der Waals surface area contributed by atoms with Crippen LogP contribution in [-0.4, -0.2) is 275 Å². The lowest BCUT2D eigenvalue weighted by Gasteiger charge is -2.49. The zero-order valence-corrected chi connectivity index (χ0v) is 92.5. The number of rotatable bonds is 73. The Morgan fingerprint density at radius 1 is 0.387 bits per heavy atom. The Hall–Kier alpha value is -10.4. The first kappa shape index (κ1) is 136. The van der Waals surface area contributed by atoms with Crippen LogP contribution in [0.2, 0.25) is 0 Å². The van der Waals surface area contributed by atoms with Crippen molar-refractivity contribution in [3.8, 4) is 0 Å². The summed E-state index contributed by atoms with van der Waals surface area (Å²) in [6.07, 6.45) is 25.3. The molecule has 18 atom stereocenters. The Bertz CT molecular complexity index is 4850. The molecule has 0 aliphatic carbocycles. The summed E-state index contributed by atoms with van der Waals surface area (Å²) in [5.41, 5.74) is 25.3. The molecule has 2 aliphatic heterocycles. The number of nitrogens with one attached hydrogen (secondary N) is 12. The van der Waals surface area contributed by atoms with Gasteiger partial charge in [-0.25, -0.2) is 9.13 Å². The van der Waals surface area contributed by atoms with Gasteiger partial charge in [0.05, 0.1) is 52.5 Å². The predicted molar refractivity (Wildman–Crippen MR) is 566 cm³/mol. The van der Waals surface area contributed by atoms with Crippen molar-refractivity contribution in [1.82, 2.24) is 63.8 Å². The van der Waals surface area contributed by atoms with E-state index in [1.165, 1.54) is 63.2 Å². The second kappa shape index (κ2) is 73.8. The highest BCUT2D eigenvalue weighted by Crippen LogP contribution is 2.61. The number of nitrogens with two attached hydrogens (primary N) is 2. The molecule has 18 unspecified atom stereocenters. The molecule has 2 aliphatic rings. The van der Waals surface area contributed by atoms with Crippen LogP contribution in [0.4, 0.5) is 0 Å². The molecule has 0 aromatic carbocycles. The van der Waals surface area contributed by atoms with E-state index in [1.54, 1.807) is 6.92 Å². The summed E-state index contributed by atoms with van der Waals surface area (Å²) in [4.78, 5) is 202. The number of unbranched alkanes of at least 4 members (excludes halogenated alkanes) is 1. The number of carbonyl (C=O) groups excluding carboxylic acids is 13. The van der Waals surface area contributed by atoms with E-state index >= 15 is 0 Å². The lowest BCUT2D eigenvalue weighted by molar-refractivity contribution is -0.331. The highest BCUT2D eigenvalue weighted by molar-refractivity contribution is 7.61. The Morgan fingerprint density at radius 2 is 0.733 bits per heavy atom. The topological polar surface area (TPSA) is 676 Å². The molecule has 2 heterocycles. The number of aliphatic hydroxyl groups is 4. The van der Waals surface area contributed by atoms with Gasteiger partial charge in [0.15, 0.2) is 12.6 Å². The number of primary amides is 1. The molecular weight excluding hydrogens is 1990 g/mol. The largest absolute Gasteiger partial charge is 0.483 e. The van der Waals surface area contributed by atoms with E-state index in [-0.39, 0.29) is 32.4 Å². The molecule has 46 heteroatoms. The van der Waals surface area contributed by atoms with Gasteiger partial charge in [-0.05, 0) is 265 Å². The van der Waals surface area contributed by atoms with Gasteiger partial charge in [-0.1, -0.05) is 128 Å². The molecule has 150 heavy (non-hydrogen) atoms. The van der Waals surface area contributed by atoms with Crippen LogP contribution in [0.15, 0.2) is 128 Å². The number of ether oxygens (including phenoxy) is 4. The number of carbonyl (C=O) groups is 14. The summed E-state index contributed by atoms with van der Waals surface area (Å²) in [6.45, 7) is 26.8. The van der Waals surface area contributed by atoms with Crippen LogP contribution in [0.25, 0.3) is 0 Å². The van der Waals surface area contributed by atoms with Crippen molar-refractivity contribution in [3.63, 3.8) is 0 Å². The van der Waals surface area contributed by atoms with Crippen molar-refractivity contribution >= 4 is 98.4 Å². The van der Waals surface area contributed by atoms with Gasteiger partial charge in [0.2, 0.25) is 76.8 Å². The molecule has 0 spiro atoms. The maximum absolute atomic E-state index is 14.4. The van der Waals surface area contributed by atoms with Crippen LogP contribution < -0.4 is 75.3 Å². The van der Waals surface area contributed by atoms with Crippen molar-refractivity contribution in [2.75, 3.05) is 59.1 Å². The Kier molecular flexibility index (Phi) is 66.7. The van der Waals surface area contributed by atoms with Gasteiger partial charge in [-0.3, -0.25) is 76.2 Å². The molecule has 0 aromatic heterocycles. The molecule has 0 radical (unpaired) electrons. The maximum atomic E-state index is 14.4. The highest BCUT2D eigenvalue weighted by atomic mass is 31.3. The van der Waals surface area contributed by atoms with Gasteiger partial charge >= 0.3 is 21.6 Å². The third-order valence-corrected chi connectivity index (χ3v) is 26.9. The summed E-state index contributed by atoms with van der Waals surface area (Å²) in [5, 5.41) is 80.6. The second-order valence-electron chi connectivity index (χ2n) is 38.6. The zero-order chi connectivity index (χ0) is 113. The Balaban J connectivity index is 2.21.